The Morgan fingerprint density at radius 1 is 1.03 bits per heavy atom. The van der Waals surface area contributed by atoms with E-state index in [4.69, 9.17) is 15.5 Å². The minimum absolute atomic E-state index is 0.0262. The van der Waals surface area contributed by atoms with E-state index in [1.807, 2.05) is 59.5 Å². The van der Waals surface area contributed by atoms with Gasteiger partial charge in [-0.1, -0.05) is 24.8 Å². The molecule has 186 valence electrons. The molecule has 0 bridgehead atoms. The molecule has 0 aliphatic carbocycles. The molecule has 3 N–H and O–H groups in total. The van der Waals surface area contributed by atoms with Crippen molar-refractivity contribution in [2.24, 2.45) is 11.7 Å². The topological polar surface area (TPSA) is 102 Å². The minimum atomic E-state index is -0.525. The molecule has 5 rings (SSSR count). The van der Waals surface area contributed by atoms with Crippen LogP contribution >= 0.6 is 0 Å². The van der Waals surface area contributed by atoms with Crippen molar-refractivity contribution in [3.05, 3.63) is 78.3 Å². The number of carbonyl (C=O) groups is 2. The van der Waals surface area contributed by atoms with Crippen molar-refractivity contribution in [2.75, 3.05) is 25.1 Å². The van der Waals surface area contributed by atoms with Gasteiger partial charge in [-0.15, -0.1) is 0 Å². The number of amides is 2. The van der Waals surface area contributed by atoms with Crippen molar-refractivity contribution < 1.29 is 14.3 Å². The number of benzene rings is 2. The Hall–Kier alpha value is -4.07. The van der Waals surface area contributed by atoms with Crippen LogP contribution in [0.15, 0.2) is 66.7 Å². The lowest BCUT2D eigenvalue weighted by Crippen LogP contribution is -2.42. The fourth-order valence-electron chi connectivity index (χ4n) is 5.26. The summed E-state index contributed by atoms with van der Waals surface area (Å²) in [5.41, 5.74) is 11.5. The lowest BCUT2D eigenvalue weighted by atomic mass is 9.81. The van der Waals surface area contributed by atoms with Crippen molar-refractivity contribution in [1.82, 2.24) is 14.6 Å². The molecule has 3 aromatic rings. The summed E-state index contributed by atoms with van der Waals surface area (Å²) < 4.78 is 7.69. The van der Waals surface area contributed by atoms with Crippen molar-refractivity contribution >= 4 is 11.8 Å². The van der Waals surface area contributed by atoms with Gasteiger partial charge in [0.25, 0.3) is 5.91 Å². The first-order valence-electron chi connectivity index (χ1n) is 12.4. The van der Waals surface area contributed by atoms with Gasteiger partial charge in [0.1, 0.15) is 23.0 Å². The second-order valence-electron chi connectivity index (χ2n) is 9.52. The Balaban J connectivity index is 1.40. The fraction of sp³-hybridized carbons (Fsp3) is 0.321. The molecule has 2 aliphatic rings. The first-order valence-corrected chi connectivity index (χ1v) is 12.4. The van der Waals surface area contributed by atoms with Crippen molar-refractivity contribution in [3.8, 4) is 22.8 Å². The number of para-hydroxylation sites is 1. The summed E-state index contributed by atoms with van der Waals surface area (Å²) in [5.74, 6) is 2.34. The Morgan fingerprint density at radius 3 is 2.33 bits per heavy atom. The van der Waals surface area contributed by atoms with Gasteiger partial charge in [-0.25, -0.2) is 9.66 Å². The third kappa shape index (κ3) is 4.58. The van der Waals surface area contributed by atoms with Gasteiger partial charge in [-0.05, 0) is 68.5 Å². The highest BCUT2D eigenvalue weighted by Gasteiger charge is 2.36. The number of piperidine rings is 1. The van der Waals surface area contributed by atoms with Gasteiger partial charge in [-0.2, -0.15) is 0 Å². The molecule has 8 heteroatoms. The predicted molar refractivity (Wildman–Crippen MR) is 138 cm³/mol. The van der Waals surface area contributed by atoms with Crippen LogP contribution in [0.25, 0.3) is 11.3 Å². The molecule has 36 heavy (non-hydrogen) atoms. The number of aromatic nitrogens is 2. The molecular formula is C28H31N5O3. The zero-order chi connectivity index (χ0) is 25.2. The van der Waals surface area contributed by atoms with Gasteiger partial charge in [-0.3, -0.25) is 9.59 Å². The van der Waals surface area contributed by atoms with E-state index in [0.29, 0.717) is 41.7 Å². The Labute approximate surface area is 210 Å². The molecule has 0 spiro atoms. The Bertz CT molecular complexity index is 1270. The first-order chi connectivity index (χ1) is 17.4. The number of hydrogen-bond acceptors (Lipinski definition) is 5. The van der Waals surface area contributed by atoms with E-state index < -0.39 is 5.91 Å². The molecule has 8 nitrogen and oxygen atoms in total. The van der Waals surface area contributed by atoms with Crippen LogP contribution in [0.5, 0.6) is 11.5 Å². The molecule has 3 heterocycles. The van der Waals surface area contributed by atoms with Crippen LogP contribution in [0.1, 0.15) is 48.4 Å². The maximum absolute atomic E-state index is 12.5. The third-order valence-electron chi connectivity index (χ3n) is 7.06. The zero-order valence-corrected chi connectivity index (χ0v) is 20.4. The number of likely N-dealkylation sites (tertiary alicyclic amines) is 1. The summed E-state index contributed by atoms with van der Waals surface area (Å²) in [6.45, 7) is 7.68. The number of nitrogens with zero attached hydrogens (tertiary/aromatic N) is 3. The summed E-state index contributed by atoms with van der Waals surface area (Å²) in [6.07, 6.45) is 2.70. The van der Waals surface area contributed by atoms with E-state index in [9.17, 15) is 9.59 Å². The van der Waals surface area contributed by atoms with Crippen LogP contribution in [-0.4, -0.2) is 46.0 Å². The number of rotatable bonds is 6. The van der Waals surface area contributed by atoms with E-state index >= 15 is 0 Å². The molecule has 1 atom stereocenters. The minimum Gasteiger partial charge on any atom is -0.457 e. The first kappa shape index (κ1) is 23.7. The summed E-state index contributed by atoms with van der Waals surface area (Å²) >= 11 is 0. The quantitative estimate of drug-likeness (QED) is 0.507. The highest BCUT2D eigenvalue weighted by atomic mass is 16.5. The van der Waals surface area contributed by atoms with Crippen molar-refractivity contribution in [2.45, 2.75) is 32.1 Å². The molecule has 1 aromatic heterocycles. The number of primary amides is 1. The maximum atomic E-state index is 12.5. The number of hydrogen-bond donors (Lipinski definition) is 2. The summed E-state index contributed by atoms with van der Waals surface area (Å²) in [7, 11) is 0. The molecule has 1 saturated heterocycles. The van der Waals surface area contributed by atoms with E-state index in [2.05, 4.69) is 12.0 Å². The highest BCUT2D eigenvalue weighted by molar-refractivity contribution is 5.97. The Morgan fingerprint density at radius 2 is 1.69 bits per heavy atom. The smallest absolute Gasteiger partial charge is 0.269 e. The molecule has 2 aliphatic heterocycles. The molecule has 0 radical (unpaired) electrons. The van der Waals surface area contributed by atoms with Crippen LogP contribution in [0, 0.1) is 5.92 Å². The number of ether oxygens (including phenoxy) is 1. The number of nitrogens with two attached hydrogens (primary N) is 1. The van der Waals surface area contributed by atoms with Gasteiger partial charge in [0.05, 0.1) is 0 Å². The van der Waals surface area contributed by atoms with E-state index in [-0.39, 0.29) is 11.8 Å². The third-order valence-corrected chi connectivity index (χ3v) is 7.06. The zero-order valence-electron chi connectivity index (χ0n) is 20.4. The largest absolute Gasteiger partial charge is 0.457 e. The SMILES string of the molecule is C=C(C)C(=O)N1CCC(C2CCNn3c2nc(-c2ccc(Oc4ccccc4)cc2)c3C(N)=O)CC1. The standard InChI is InChI=1S/C28H31N5O3/c1-18(2)28(35)32-16-13-19(14-17-32)23-12-15-30-33-25(26(29)34)24(31-27(23)33)20-8-10-22(11-9-20)36-21-6-4-3-5-7-21/h3-11,19,23,30H,1,12-17H2,2H3,(H2,29,34). The van der Waals surface area contributed by atoms with Crippen LogP contribution in [0.3, 0.4) is 0 Å². The molecule has 2 amide bonds. The summed E-state index contributed by atoms with van der Waals surface area (Å²) in [4.78, 5) is 31.7. The number of carbonyl (C=O) groups excluding carboxylic acids is 2. The second kappa shape index (κ2) is 9.89. The van der Waals surface area contributed by atoms with E-state index in [1.165, 1.54) is 0 Å². The van der Waals surface area contributed by atoms with Gasteiger partial charge in [0.15, 0.2) is 5.69 Å². The van der Waals surface area contributed by atoms with Gasteiger partial charge < -0.3 is 20.8 Å². The number of imidazole rings is 1. The van der Waals surface area contributed by atoms with Gasteiger partial charge in [0, 0.05) is 36.7 Å². The summed E-state index contributed by atoms with van der Waals surface area (Å²) in [6, 6.07) is 17.1. The fourth-order valence-corrected chi connectivity index (χ4v) is 5.26. The van der Waals surface area contributed by atoms with Crippen molar-refractivity contribution in [1.29, 1.82) is 0 Å². The highest BCUT2D eigenvalue weighted by Crippen LogP contribution is 2.39. The van der Waals surface area contributed by atoms with Gasteiger partial charge >= 0.3 is 0 Å². The number of fused-ring (bicyclic) bond motifs is 1. The maximum Gasteiger partial charge on any atom is 0.269 e. The molecule has 1 fully saturated rings. The second-order valence-corrected chi connectivity index (χ2v) is 9.52. The molecule has 2 aromatic carbocycles. The monoisotopic (exact) mass is 485 g/mol. The van der Waals surface area contributed by atoms with Crippen LogP contribution in [0.4, 0.5) is 0 Å². The lowest BCUT2D eigenvalue weighted by molar-refractivity contribution is -0.128. The van der Waals surface area contributed by atoms with Crippen molar-refractivity contribution in [3.63, 3.8) is 0 Å². The lowest BCUT2D eigenvalue weighted by Gasteiger charge is -2.38. The van der Waals surface area contributed by atoms with Crippen LogP contribution < -0.4 is 15.9 Å². The normalized spacial score (nSPS) is 17.7. The Kier molecular flexibility index (Phi) is 6.50. The average Bonchev–Trinajstić information content (AvgIpc) is 3.29. The summed E-state index contributed by atoms with van der Waals surface area (Å²) in [5, 5.41) is 0. The molecule has 0 saturated carbocycles. The van der Waals surface area contributed by atoms with Gasteiger partial charge in [0.2, 0.25) is 5.91 Å². The van der Waals surface area contributed by atoms with E-state index in [0.717, 1.165) is 42.9 Å². The number of nitrogens with one attached hydrogen (secondary N) is 1. The van der Waals surface area contributed by atoms with E-state index in [1.54, 1.807) is 11.6 Å². The average molecular weight is 486 g/mol. The van der Waals surface area contributed by atoms with Crippen LogP contribution in [0.2, 0.25) is 0 Å². The molecule has 1 unspecified atom stereocenters. The predicted octanol–water partition coefficient (Wildman–Crippen LogP) is 4.29. The molecular weight excluding hydrogens is 454 g/mol. The van der Waals surface area contributed by atoms with Crippen LogP contribution in [-0.2, 0) is 4.79 Å².